The second kappa shape index (κ2) is 4.76. The molecule has 0 bridgehead atoms. The van der Waals surface area contributed by atoms with Gasteiger partial charge in [-0.15, -0.1) is 0 Å². The van der Waals surface area contributed by atoms with Gasteiger partial charge in [0.1, 0.15) is 0 Å². The van der Waals surface area contributed by atoms with Crippen LogP contribution in [0.5, 0.6) is 0 Å². The van der Waals surface area contributed by atoms with E-state index in [0.29, 0.717) is 0 Å². The van der Waals surface area contributed by atoms with Gasteiger partial charge >= 0.3 is 0 Å². The van der Waals surface area contributed by atoms with Crippen molar-refractivity contribution in [2.24, 2.45) is 0 Å². The van der Waals surface area contributed by atoms with Gasteiger partial charge in [0.05, 0.1) is 0 Å². The van der Waals surface area contributed by atoms with Crippen LogP contribution < -0.4 is 5.32 Å². The summed E-state index contributed by atoms with van der Waals surface area (Å²) in [5.74, 6) is 0. The maximum atomic E-state index is 3.69. The summed E-state index contributed by atoms with van der Waals surface area (Å²) in [6.07, 6.45) is 8.24. The first-order valence-corrected chi connectivity index (χ1v) is 5.12. The SMILES string of the molecule is CCCC1CC[C@@H](CCC)N1. The number of hydrogen-bond acceptors (Lipinski definition) is 1. The zero-order valence-corrected chi connectivity index (χ0v) is 7.90. The van der Waals surface area contributed by atoms with Crippen LogP contribution in [0.25, 0.3) is 0 Å². The van der Waals surface area contributed by atoms with Gasteiger partial charge in [0, 0.05) is 12.1 Å². The largest absolute Gasteiger partial charge is 0.311 e. The van der Waals surface area contributed by atoms with Gasteiger partial charge in [-0.05, 0) is 25.7 Å². The van der Waals surface area contributed by atoms with E-state index in [0.717, 1.165) is 12.1 Å². The molecule has 0 aromatic carbocycles. The van der Waals surface area contributed by atoms with Crippen LogP contribution in [-0.2, 0) is 0 Å². The third kappa shape index (κ3) is 2.82. The van der Waals surface area contributed by atoms with Crippen LogP contribution in [0.1, 0.15) is 52.4 Å². The standard InChI is InChI=1S/C10H21N/c1-3-5-9-7-8-10(11-9)6-4-2/h9-11H,3-8H2,1-2H3/t9-,10?/m1/s1. The molecule has 1 rings (SSSR count). The Hall–Kier alpha value is -0.0400. The van der Waals surface area contributed by atoms with Gasteiger partial charge < -0.3 is 5.32 Å². The van der Waals surface area contributed by atoms with E-state index in [4.69, 9.17) is 0 Å². The minimum Gasteiger partial charge on any atom is -0.311 e. The lowest BCUT2D eigenvalue weighted by Gasteiger charge is -2.12. The van der Waals surface area contributed by atoms with Crippen LogP contribution in [-0.4, -0.2) is 12.1 Å². The van der Waals surface area contributed by atoms with Gasteiger partial charge in [0.15, 0.2) is 0 Å². The monoisotopic (exact) mass is 155 g/mol. The summed E-state index contributed by atoms with van der Waals surface area (Å²) in [5, 5.41) is 3.69. The zero-order chi connectivity index (χ0) is 8.10. The summed E-state index contributed by atoms with van der Waals surface area (Å²) in [4.78, 5) is 0. The second-order valence-electron chi connectivity index (χ2n) is 3.72. The van der Waals surface area contributed by atoms with E-state index < -0.39 is 0 Å². The maximum absolute atomic E-state index is 3.69. The molecule has 1 unspecified atom stereocenters. The van der Waals surface area contributed by atoms with E-state index in [1.807, 2.05) is 0 Å². The van der Waals surface area contributed by atoms with Gasteiger partial charge in [-0.1, -0.05) is 26.7 Å². The second-order valence-corrected chi connectivity index (χ2v) is 3.72. The molecule has 2 atom stereocenters. The summed E-state index contributed by atoms with van der Waals surface area (Å²) in [6.45, 7) is 4.55. The van der Waals surface area contributed by atoms with Gasteiger partial charge in [0.2, 0.25) is 0 Å². The van der Waals surface area contributed by atoms with Gasteiger partial charge in [-0.3, -0.25) is 0 Å². The first-order chi connectivity index (χ1) is 5.36. The van der Waals surface area contributed by atoms with Crippen molar-refractivity contribution in [1.29, 1.82) is 0 Å². The molecule has 1 heterocycles. The number of nitrogens with one attached hydrogen (secondary N) is 1. The highest BCUT2D eigenvalue weighted by Crippen LogP contribution is 2.18. The molecule has 1 fully saturated rings. The normalized spacial score (nSPS) is 31.1. The van der Waals surface area contributed by atoms with E-state index in [1.54, 1.807) is 0 Å². The fourth-order valence-corrected chi connectivity index (χ4v) is 2.05. The van der Waals surface area contributed by atoms with Crippen molar-refractivity contribution in [3.63, 3.8) is 0 Å². The fraction of sp³-hybridized carbons (Fsp3) is 1.00. The molecule has 0 radical (unpaired) electrons. The average Bonchev–Trinajstić information content (AvgIpc) is 2.38. The molecule has 66 valence electrons. The van der Waals surface area contributed by atoms with Crippen LogP contribution in [0, 0.1) is 0 Å². The summed E-state index contributed by atoms with van der Waals surface area (Å²) < 4.78 is 0. The molecule has 1 nitrogen and oxygen atoms in total. The molecule has 0 amide bonds. The van der Waals surface area contributed by atoms with E-state index in [1.165, 1.54) is 38.5 Å². The van der Waals surface area contributed by atoms with Crippen molar-refractivity contribution in [1.82, 2.24) is 5.32 Å². The molecule has 0 aliphatic carbocycles. The Balaban J connectivity index is 2.12. The highest BCUT2D eigenvalue weighted by Gasteiger charge is 2.21. The predicted molar refractivity (Wildman–Crippen MR) is 49.8 cm³/mol. The molecule has 0 aromatic rings. The van der Waals surface area contributed by atoms with Gasteiger partial charge in [-0.2, -0.15) is 0 Å². The summed E-state index contributed by atoms with van der Waals surface area (Å²) in [5.41, 5.74) is 0. The Labute approximate surface area is 70.6 Å². The summed E-state index contributed by atoms with van der Waals surface area (Å²) in [7, 11) is 0. The highest BCUT2D eigenvalue weighted by atomic mass is 15.0. The van der Waals surface area contributed by atoms with Crippen LogP contribution in [0.2, 0.25) is 0 Å². The predicted octanol–water partition coefficient (Wildman–Crippen LogP) is 2.71. The molecule has 0 aromatic heterocycles. The third-order valence-corrected chi connectivity index (χ3v) is 2.61. The lowest BCUT2D eigenvalue weighted by atomic mass is 10.1. The minimum atomic E-state index is 0.844. The smallest absolute Gasteiger partial charge is 0.00701 e. The molecule has 0 saturated carbocycles. The average molecular weight is 155 g/mol. The molecule has 1 heteroatoms. The van der Waals surface area contributed by atoms with E-state index >= 15 is 0 Å². The Bertz CT molecular complexity index is 89.0. The quantitative estimate of drug-likeness (QED) is 0.658. The summed E-state index contributed by atoms with van der Waals surface area (Å²) >= 11 is 0. The zero-order valence-electron chi connectivity index (χ0n) is 7.90. The van der Waals surface area contributed by atoms with Crippen LogP contribution in [0.4, 0.5) is 0 Å². The molecule has 1 saturated heterocycles. The van der Waals surface area contributed by atoms with Crippen molar-refractivity contribution in [3.05, 3.63) is 0 Å². The van der Waals surface area contributed by atoms with Crippen molar-refractivity contribution >= 4 is 0 Å². The number of hydrogen-bond donors (Lipinski definition) is 1. The Morgan fingerprint density at radius 2 is 1.45 bits per heavy atom. The van der Waals surface area contributed by atoms with Crippen molar-refractivity contribution in [2.75, 3.05) is 0 Å². The fourth-order valence-electron chi connectivity index (χ4n) is 2.05. The molecule has 11 heavy (non-hydrogen) atoms. The van der Waals surface area contributed by atoms with E-state index in [-0.39, 0.29) is 0 Å². The van der Waals surface area contributed by atoms with Crippen LogP contribution >= 0.6 is 0 Å². The van der Waals surface area contributed by atoms with Crippen LogP contribution in [0.15, 0.2) is 0 Å². The lowest BCUT2D eigenvalue weighted by Crippen LogP contribution is -2.28. The first-order valence-electron chi connectivity index (χ1n) is 5.12. The highest BCUT2D eigenvalue weighted by molar-refractivity contribution is 4.82. The molecule has 1 N–H and O–H groups in total. The molecular weight excluding hydrogens is 134 g/mol. The Kier molecular flexibility index (Phi) is 3.92. The molecule has 0 spiro atoms. The molecule has 1 aliphatic heterocycles. The molecule has 1 aliphatic rings. The lowest BCUT2D eigenvalue weighted by molar-refractivity contribution is 0.484. The maximum Gasteiger partial charge on any atom is 0.00701 e. The van der Waals surface area contributed by atoms with Crippen LogP contribution in [0.3, 0.4) is 0 Å². The van der Waals surface area contributed by atoms with Crippen molar-refractivity contribution in [2.45, 2.75) is 64.5 Å². The first kappa shape index (κ1) is 9.05. The Morgan fingerprint density at radius 3 is 1.82 bits per heavy atom. The Morgan fingerprint density at radius 1 is 1.00 bits per heavy atom. The molecular formula is C10H21N. The summed E-state index contributed by atoms with van der Waals surface area (Å²) in [6, 6.07) is 1.69. The van der Waals surface area contributed by atoms with E-state index in [2.05, 4.69) is 19.2 Å². The van der Waals surface area contributed by atoms with E-state index in [9.17, 15) is 0 Å². The topological polar surface area (TPSA) is 12.0 Å². The minimum absolute atomic E-state index is 0.844. The third-order valence-electron chi connectivity index (χ3n) is 2.61. The van der Waals surface area contributed by atoms with Gasteiger partial charge in [-0.25, -0.2) is 0 Å². The van der Waals surface area contributed by atoms with Gasteiger partial charge in [0.25, 0.3) is 0 Å². The van der Waals surface area contributed by atoms with Crippen molar-refractivity contribution in [3.8, 4) is 0 Å². The van der Waals surface area contributed by atoms with Crippen molar-refractivity contribution < 1.29 is 0 Å². The number of rotatable bonds is 4.